The van der Waals surface area contributed by atoms with Crippen molar-refractivity contribution >= 4 is 34.3 Å². The van der Waals surface area contributed by atoms with Crippen LogP contribution in [0.15, 0.2) is 48.7 Å². The standard InChI is InChI=1S/C30H22ClF7N4O5/c1-27(26(39)44)12-47-24-18(27)9-21(42-23(24)17-4-3-16(32)8-19(17)31)28(45,30(36,37)38)11-41-25(43)14-5-13-6-15(29(33,34)35)10-40-22(13)20(7-14)46-2/h3-10,45H,11-12H2,1-2H3,(H2,39,44)(H,41,43)/t27-,28?/m0/s1. The zero-order valence-corrected chi connectivity index (χ0v) is 24.9. The molecule has 0 saturated carbocycles. The summed E-state index contributed by atoms with van der Waals surface area (Å²) in [5, 5.41) is 12.7. The van der Waals surface area contributed by atoms with Crippen LogP contribution in [0, 0.1) is 5.82 Å². The van der Waals surface area contributed by atoms with Crippen LogP contribution in [0.5, 0.6) is 11.5 Å². The van der Waals surface area contributed by atoms with Gasteiger partial charge in [0.1, 0.15) is 40.5 Å². The summed E-state index contributed by atoms with van der Waals surface area (Å²) in [4.78, 5) is 33.3. The Balaban J connectivity index is 1.60. The van der Waals surface area contributed by atoms with Gasteiger partial charge < -0.3 is 25.6 Å². The van der Waals surface area contributed by atoms with E-state index in [4.69, 9.17) is 26.8 Å². The van der Waals surface area contributed by atoms with Gasteiger partial charge in [-0.05, 0) is 49.4 Å². The van der Waals surface area contributed by atoms with Gasteiger partial charge in [0.15, 0.2) is 0 Å². The number of aliphatic hydroxyl groups is 1. The van der Waals surface area contributed by atoms with Crippen molar-refractivity contribution in [2.45, 2.75) is 30.3 Å². The van der Waals surface area contributed by atoms with Crippen LogP contribution in [0.3, 0.4) is 0 Å². The summed E-state index contributed by atoms with van der Waals surface area (Å²) in [6.45, 7) is -0.681. The molecule has 0 spiro atoms. The Morgan fingerprint density at radius 1 is 1.13 bits per heavy atom. The Bertz CT molecular complexity index is 1940. The highest BCUT2D eigenvalue weighted by molar-refractivity contribution is 6.33. The number of halogens is 8. The molecule has 0 fully saturated rings. The van der Waals surface area contributed by atoms with E-state index in [0.29, 0.717) is 12.3 Å². The average Bonchev–Trinajstić information content (AvgIpc) is 3.35. The first-order valence-corrected chi connectivity index (χ1v) is 13.7. The number of amides is 2. The fourth-order valence-corrected chi connectivity index (χ4v) is 5.22. The van der Waals surface area contributed by atoms with Crippen LogP contribution in [0.25, 0.3) is 22.2 Å². The predicted octanol–water partition coefficient (Wildman–Crippen LogP) is 5.43. The minimum Gasteiger partial charge on any atom is -0.494 e. The van der Waals surface area contributed by atoms with Gasteiger partial charge in [-0.3, -0.25) is 14.6 Å². The fourth-order valence-electron chi connectivity index (χ4n) is 4.97. The Labute approximate surface area is 265 Å². The Morgan fingerprint density at radius 2 is 1.83 bits per heavy atom. The van der Waals surface area contributed by atoms with Crippen LogP contribution in [-0.4, -0.2) is 53.3 Å². The lowest BCUT2D eigenvalue weighted by atomic mass is 9.81. The maximum absolute atomic E-state index is 14.7. The molecule has 0 radical (unpaired) electrons. The van der Waals surface area contributed by atoms with Gasteiger partial charge >= 0.3 is 12.4 Å². The van der Waals surface area contributed by atoms with E-state index in [2.05, 4.69) is 9.97 Å². The summed E-state index contributed by atoms with van der Waals surface area (Å²) in [5.74, 6) is -3.34. The number of pyridine rings is 2. The molecule has 0 aliphatic carbocycles. The number of nitrogens with zero attached hydrogens (tertiary/aromatic N) is 2. The first kappa shape index (κ1) is 33.7. The molecule has 2 atom stereocenters. The number of nitrogens with one attached hydrogen (secondary N) is 1. The number of carbonyl (C=O) groups is 2. The van der Waals surface area contributed by atoms with Crippen LogP contribution < -0.4 is 20.5 Å². The van der Waals surface area contributed by atoms with Gasteiger partial charge in [-0.15, -0.1) is 0 Å². The Kier molecular flexibility index (Phi) is 8.25. The number of hydrogen-bond donors (Lipinski definition) is 3. The first-order chi connectivity index (χ1) is 21.8. The highest BCUT2D eigenvalue weighted by Gasteiger charge is 2.58. The molecule has 248 valence electrons. The number of nitrogens with two attached hydrogens (primary N) is 1. The zero-order valence-electron chi connectivity index (χ0n) is 24.1. The number of alkyl halides is 6. The van der Waals surface area contributed by atoms with E-state index in [9.17, 15) is 45.4 Å². The number of aromatic nitrogens is 2. The largest absolute Gasteiger partial charge is 0.494 e. The van der Waals surface area contributed by atoms with Crippen molar-refractivity contribution in [2.24, 2.45) is 5.73 Å². The Morgan fingerprint density at radius 3 is 2.43 bits per heavy atom. The summed E-state index contributed by atoms with van der Waals surface area (Å²) >= 11 is 6.18. The highest BCUT2D eigenvalue weighted by Crippen LogP contribution is 2.48. The van der Waals surface area contributed by atoms with E-state index in [1.165, 1.54) is 6.92 Å². The summed E-state index contributed by atoms with van der Waals surface area (Å²) in [6.07, 6.45) is -9.76. The number of rotatable bonds is 7. The number of hydrogen-bond acceptors (Lipinski definition) is 7. The molecular weight excluding hydrogens is 665 g/mol. The third-order valence-electron chi connectivity index (χ3n) is 7.76. The van der Waals surface area contributed by atoms with Crippen LogP contribution in [-0.2, 0) is 22.0 Å². The lowest BCUT2D eigenvalue weighted by molar-refractivity contribution is -0.265. The first-order valence-electron chi connectivity index (χ1n) is 13.4. The Hall–Kier alpha value is -4.70. The van der Waals surface area contributed by atoms with Crippen molar-refractivity contribution in [3.8, 4) is 22.8 Å². The molecule has 0 bridgehead atoms. The molecule has 1 unspecified atom stereocenters. The van der Waals surface area contributed by atoms with Crippen molar-refractivity contribution in [1.29, 1.82) is 0 Å². The molecule has 1 aliphatic heterocycles. The second-order valence-corrected chi connectivity index (χ2v) is 11.3. The van der Waals surface area contributed by atoms with Crippen LogP contribution in [0.4, 0.5) is 30.7 Å². The van der Waals surface area contributed by atoms with E-state index < -0.39 is 71.0 Å². The molecular formula is C30H22ClF7N4O5. The molecule has 0 saturated heterocycles. The average molecular weight is 687 g/mol. The summed E-state index contributed by atoms with van der Waals surface area (Å²) in [6, 6.07) is 6.36. The molecule has 47 heavy (non-hydrogen) atoms. The monoisotopic (exact) mass is 686 g/mol. The van der Waals surface area contributed by atoms with E-state index in [1.807, 2.05) is 5.32 Å². The third-order valence-corrected chi connectivity index (χ3v) is 8.07. The lowest BCUT2D eigenvalue weighted by Gasteiger charge is -2.31. The van der Waals surface area contributed by atoms with E-state index in [-0.39, 0.29) is 44.2 Å². The normalized spacial score (nSPS) is 17.5. The molecule has 3 heterocycles. The molecule has 2 amide bonds. The molecule has 2 aromatic heterocycles. The van der Waals surface area contributed by atoms with Crippen LogP contribution in [0.1, 0.15) is 34.1 Å². The molecule has 5 rings (SSSR count). The number of carbonyl (C=O) groups excluding carboxylic acids is 2. The number of primary amides is 1. The van der Waals surface area contributed by atoms with Crippen molar-refractivity contribution in [2.75, 3.05) is 20.3 Å². The van der Waals surface area contributed by atoms with Gasteiger partial charge in [0, 0.05) is 28.3 Å². The number of fused-ring (bicyclic) bond motifs is 2. The number of methoxy groups -OCH3 is 1. The molecule has 2 aromatic carbocycles. The van der Waals surface area contributed by atoms with Crippen molar-refractivity contribution in [3.05, 3.63) is 81.9 Å². The van der Waals surface area contributed by atoms with Gasteiger partial charge in [0.2, 0.25) is 11.5 Å². The van der Waals surface area contributed by atoms with Crippen molar-refractivity contribution in [3.63, 3.8) is 0 Å². The maximum atomic E-state index is 14.7. The van der Waals surface area contributed by atoms with Gasteiger partial charge in [-0.2, -0.15) is 26.3 Å². The van der Waals surface area contributed by atoms with Crippen molar-refractivity contribution in [1.82, 2.24) is 15.3 Å². The van der Waals surface area contributed by atoms with Gasteiger partial charge in [-0.1, -0.05) is 11.6 Å². The SMILES string of the molecule is COc1cc(C(=O)NCC(O)(c2cc3c(c(-c4ccc(F)cc4Cl)n2)OC[C@]3(C)C(N)=O)C(F)(F)F)cc2cc(C(F)(F)F)cnc12. The number of benzene rings is 2. The smallest absolute Gasteiger partial charge is 0.424 e. The van der Waals surface area contributed by atoms with Gasteiger partial charge in [0.25, 0.3) is 5.91 Å². The van der Waals surface area contributed by atoms with Gasteiger partial charge in [0.05, 0.1) is 29.9 Å². The highest BCUT2D eigenvalue weighted by atomic mass is 35.5. The molecule has 4 aromatic rings. The van der Waals surface area contributed by atoms with Gasteiger partial charge in [-0.25, -0.2) is 9.37 Å². The minimum absolute atomic E-state index is 0.0575. The second kappa shape index (κ2) is 11.5. The van der Waals surface area contributed by atoms with Crippen molar-refractivity contribution < 1.29 is 54.9 Å². The summed E-state index contributed by atoms with van der Waals surface area (Å²) < 4.78 is 109. The summed E-state index contributed by atoms with van der Waals surface area (Å²) in [5.41, 5.74) is -3.49. The quantitative estimate of drug-likeness (QED) is 0.221. The fraction of sp³-hybridized carbons (Fsp3) is 0.267. The van der Waals surface area contributed by atoms with E-state index >= 15 is 0 Å². The minimum atomic E-state index is -5.53. The van der Waals surface area contributed by atoms with Crippen LogP contribution >= 0.6 is 11.6 Å². The molecule has 9 nitrogen and oxygen atoms in total. The van der Waals surface area contributed by atoms with E-state index in [0.717, 1.165) is 43.5 Å². The number of ether oxygens (including phenoxy) is 2. The predicted molar refractivity (Wildman–Crippen MR) is 152 cm³/mol. The zero-order chi connectivity index (χ0) is 34.7. The maximum Gasteiger partial charge on any atom is 0.424 e. The molecule has 17 heteroatoms. The van der Waals surface area contributed by atoms with Crippen LogP contribution in [0.2, 0.25) is 5.02 Å². The lowest BCUT2D eigenvalue weighted by Crippen LogP contribution is -2.51. The molecule has 1 aliphatic rings. The second-order valence-electron chi connectivity index (χ2n) is 10.9. The third kappa shape index (κ3) is 5.86. The topological polar surface area (TPSA) is 137 Å². The molecule has 4 N–H and O–H groups in total. The summed E-state index contributed by atoms with van der Waals surface area (Å²) in [7, 11) is 1.15. The van der Waals surface area contributed by atoms with E-state index in [1.54, 1.807) is 0 Å².